The van der Waals surface area contributed by atoms with E-state index in [0.717, 1.165) is 39.7 Å². The third kappa shape index (κ3) is 3.06. The lowest BCUT2D eigenvalue weighted by molar-refractivity contribution is 0.506. The largest absolute Gasteiger partial charge is 0.344 e. The van der Waals surface area contributed by atoms with Crippen LogP contribution in [-0.2, 0) is 6.54 Å². The number of fused-ring (bicyclic) bond motifs is 1. The molecule has 9 heteroatoms. The maximum atomic E-state index is 13.4. The summed E-state index contributed by atoms with van der Waals surface area (Å²) in [4.78, 5) is 12.3. The molecule has 144 valence electrons. The summed E-state index contributed by atoms with van der Waals surface area (Å²) in [5, 5.41) is 11.3. The van der Waals surface area contributed by atoms with Gasteiger partial charge in [-0.1, -0.05) is 6.07 Å². The van der Waals surface area contributed by atoms with Crippen molar-refractivity contribution in [3.8, 4) is 22.4 Å². The molecule has 0 aliphatic rings. The zero-order chi connectivity index (χ0) is 20.0. The molecular weight excluding hydrogens is 376 g/mol. The first-order valence-corrected chi connectivity index (χ1v) is 8.90. The highest BCUT2D eigenvalue weighted by atomic mass is 19.2. The van der Waals surface area contributed by atoms with E-state index in [9.17, 15) is 8.78 Å². The Bertz CT molecular complexity index is 1330. The number of nitrogens with one attached hydrogen (secondary N) is 2. The molecule has 0 spiro atoms. The zero-order valence-corrected chi connectivity index (χ0v) is 15.3. The second-order valence-corrected chi connectivity index (χ2v) is 6.74. The van der Waals surface area contributed by atoms with Crippen LogP contribution in [0.2, 0.25) is 0 Å². The fourth-order valence-corrected chi connectivity index (χ4v) is 3.26. The molecule has 29 heavy (non-hydrogen) atoms. The smallest absolute Gasteiger partial charge is 0.159 e. The molecule has 4 aromatic heterocycles. The van der Waals surface area contributed by atoms with Gasteiger partial charge in [0, 0.05) is 34.8 Å². The van der Waals surface area contributed by atoms with Gasteiger partial charge in [0.25, 0.3) is 0 Å². The van der Waals surface area contributed by atoms with E-state index in [0.29, 0.717) is 17.8 Å². The van der Waals surface area contributed by atoms with Crippen LogP contribution >= 0.6 is 0 Å². The number of aromatic nitrogens is 7. The first-order valence-electron chi connectivity index (χ1n) is 8.90. The van der Waals surface area contributed by atoms with Crippen molar-refractivity contribution in [2.75, 3.05) is 0 Å². The van der Waals surface area contributed by atoms with E-state index >= 15 is 0 Å². The fraction of sp³-hybridized carbons (Fsp3) is 0.100. The predicted molar refractivity (Wildman–Crippen MR) is 103 cm³/mol. The quantitative estimate of drug-likeness (QED) is 0.487. The summed E-state index contributed by atoms with van der Waals surface area (Å²) in [6, 6.07) is 3.83. The number of nitrogens with zero attached hydrogens (tertiary/aromatic N) is 5. The molecular formula is C20H15F2N7. The van der Waals surface area contributed by atoms with Gasteiger partial charge in [0.15, 0.2) is 17.3 Å². The van der Waals surface area contributed by atoms with Crippen LogP contribution in [0.5, 0.6) is 0 Å². The third-order valence-electron chi connectivity index (χ3n) is 4.76. The molecule has 0 aliphatic carbocycles. The van der Waals surface area contributed by atoms with Crippen molar-refractivity contribution in [2.24, 2.45) is 0 Å². The summed E-state index contributed by atoms with van der Waals surface area (Å²) in [7, 11) is 0. The van der Waals surface area contributed by atoms with Gasteiger partial charge in [-0.15, -0.1) is 0 Å². The van der Waals surface area contributed by atoms with Crippen molar-refractivity contribution in [3.05, 3.63) is 72.1 Å². The van der Waals surface area contributed by atoms with E-state index < -0.39 is 11.6 Å². The Morgan fingerprint density at radius 1 is 1.07 bits per heavy atom. The minimum atomic E-state index is -0.871. The molecule has 7 nitrogen and oxygen atoms in total. The van der Waals surface area contributed by atoms with Crippen LogP contribution < -0.4 is 0 Å². The second-order valence-electron chi connectivity index (χ2n) is 6.74. The molecule has 5 aromatic rings. The predicted octanol–water partition coefficient (Wildman–Crippen LogP) is 3.85. The SMILES string of the molecule is Cc1[nH]ncc1-c1cnc2[nH]cc(-c3cnn(Cc4ccc(F)c(F)c4)c3)c2n1. The molecule has 0 saturated heterocycles. The number of H-pyrrole nitrogens is 2. The van der Waals surface area contributed by atoms with Crippen LogP contribution in [0.15, 0.2) is 49.2 Å². The molecule has 0 bridgehead atoms. The molecule has 0 radical (unpaired) electrons. The number of aromatic amines is 2. The Hall–Kier alpha value is -3.88. The summed E-state index contributed by atoms with van der Waals surface area (Å²) in [5.74, 6) is -1.74. The number of halogens is 2. The van der Waals surface area contributed by atoms with Gasteiger partial charge in [-0.05, 0) is 24.6 Å². The van der Waals surface area contributed by atoms with E-state index in [-0.39, 0.29) is 0 Å². The lowest BCUT2D eigenvalue weighted by Gasteiger charge is -2.02. The Morgan fingerprint density at radius 2 is 1.97 bits per heavy atom. The molecule has 0 unspecified atom stereocenters. The summed E-state index contributed by atoms with van der Waals surface area (Å²) in [6.07, 6.45) is 8.79. The lowest BCUT2D eigenvalue weighted by atomic mass is 10.1. The van der Waals surface area contributed by atoms with Crippen LogP contribution in [0.4, 0.5) is 8.78 Å². The second kappa shape index (κ2) is 6.62. The Labute approximate surface area is 163 Å². The van der Waals surface area contributed by atoms with Crippen molar-refractivity contribution >= 4 is 11.2 Å². The van der Waals surface area contributed by atoms with Gasteiger partial charge in [-0.2, -0.15) is 10.2 Å². The molecule has 0 saturated carbocycles. The summed E-state index contributed by atoms with van der Waals surface area (Å²) >= 11 is 0. The number of rotatable bonds is 4. The van der Waals surface area contributed by atoms with Gasteiger partial charge < -0.3 is 4.98 Å². The van der Waals surface area contributed by atoms with Crippen molar-refractivity contribution in [2.45, 2.75) is 13.5 Å². The lowest BCUT2D eigenvalue weighted by Crippen LogP contribution is -2.00. The van der Waals surface area contributed by atoms with Crippen molar-refractivity contribution < 1.29 is 8.78 Å². The van der Waals surface area contributed by atoms with Gasteiger partial charge in [0.1, 0.15) is 5.52 Å². The molecule has 4 heterocycles. The van der Waals surface area contributed by atoms with Gasteiger partial charge in [0.2, 0.25) is 0 Å². The highest BCUT2D eigenvalue weighted by Crippen LogP contribution is 2.28. The van der Waals surface area contributed by atoms with E-state index in [1.165, 1.54) is 12.1 Å². The molecule has 2 N–H and O–H groups in total. The van der Waals surface area contributed by atoms with Crippen LogP contribution in [0.3, 0.4) is 0 Å². The maximum Gasteiger partial charge on any atom is 0.159 e. The van der Waals surface area contributed by atoms with Crippen molar-refractivity contribution in [1.82, 2.24) is 34.9 Å². The fourth-order valence-electron chi connectivity index (χ4n) is 3.26. The minimum absolute atomic E-state index is 0.324. The molecule has 0 atom stereocenters. The highest BCUT2D eigenvalue weighted by molar-refractivity contribution is 5.91. The number of hydrogen-bond acceptors (Lipinski definition) is 4. The Morgan fingerprint density at radius 3 is 2.76 bits per heavy atom. The van der Waals surface area contributed by atoms with Crippen LogP contribution in [0.1, 0.15) is 11.3 Å². The first kappa shape index (κ1) is 17.2. The topological polar surface area (TPSA) is 88.1 Å². The highest BCUT2D eigenvalue weighted by Gasteiger charge is 2.14. The maximum absolute atomic E-state index is 13.4. The van der Waals surface area contributed by atoms with Gasteiger partial charge in [0.05, 0.1) is 30.8 Å². The monoisotopic (exact) mass is 391 g/mol. The standard InChI is InChI=1S/C20H15F2N7/c1-11-14(7-25-28-11)18-8-24-20-19(27-18)15(6-23-20)13-5-26-29(10-13)9-12-2-3-16(21)17(22)4-12/h2-8,10H,9H2,1H3,(H,23,24)(H,25,28). The van der Waals surface area contributed by atoms with Crippen LogP contribution in [-0.4, -0.2) is 34.9 Å². The first-order chi connectivity index (χ1) is 14.1. The average molecular weight is 391 g/mol. The van der Waals surface area contributed by atoms with Crippen LogP contribution in [0, 0.1) is 18.6 Å². The minimum Gasteiger partial charge on any atom is -0.344 e. The number of aryl methyl sites for hydroxylation is 1. The van der Waals surface area contributed by atoms with Gasteiger partial charge in [-0.3, -0.25) is 9.78 Å². The summed E-state index contributed by atoms with van der Waals surface area (Å²) in [5.41, 5.74) is 6.22. The summed E-state index contributed by atoms with van der Waals surface area (Å²) < 4.78 is 28.2. The normalized spacial score (nSPS) is 11.4. The molecule has 0 aliphatic heterocycles. The Kier molecular flexibility index (Phi) is 3.94. The number of benzene rings is 1. The van der Waals surface area contributed by atoms with Gasteiger partial charge >= 0.3 is 0 Å². The van der Waals surface area contributed by atoms with E-state index in [1.54, 1.807) is 23.3 Å². The van der Waals surface area contributed by atoms with Crippen molar-refractivity contribution in [3.63, 3.8) is 0 Å². The third-order valence-corrected chi connectivity index (χ3v) is 4.76. The van der Waals surface area contributed by atoms with E-state index in [4.69, 9.17) is 4.98 Å². The van der Waals surface area contributed by atoms with Crippen molar-refractivity contribution in [1.29, 1.82) is 0 Å². The van der Waals surface area contributed by atoms with E-state index in [2.05, 4.69) is 25.3 Å². The van der Waals surface area contributed by atoms with E-state index in [1.807, 2.05) is 19.3 Å². The Balaban J connectivity index is 1.49. The zero-order valence-electron chi connectivity index (χ0n) is 15.3. The summed E-state index contributed by atoms with van der Waals surface area (Å²) in [6.45, 7) is 2.25. The molecule has 0 amide bonds. The number of hydrogen-bond donors (Lipinski definition) is 2. The van der Waals surface area contributed by atoms with Gasteiger partial charge in [-0.25, -0.2) is 18.7 Å². The molecule has 0 fully saturated rings. The average Bonchev–Trinajstić information content (AvgIpc) is 3.43. The van der Waals surface area contributed by atoms with Crippen LogP contribution in [0.25, 0.3) is 33.5 Å². The molecule has 5 rings (SSSR count). The molecule has 1 aromatic carbocycles.